The van der Waals surface area contributed by atoms with Gasteiger partial charge in [-0.05, 0) is 49.0 Å². The third kappa shape index (κ3) is 5.44. The SMILES string of the molecule is CCN(CC)CN1C(=O)/C(=N\c2ncc(Cc3cc(OC)c(OC)c(OC)c3)c(N)n2)c2cc(Br)ccc21. The molecule has 0 saturated heterocycles. The van der Waals surface area contributed by atoms with Crippen LogP contribution in [0.5, 0.6) is 17.2 Å². The molecule has 0 radical (unpaired) electrons. The fourth-order valence-electron chi connectivity index (χ4n) is 4.32. The highest BCUT2D eigenvalue weighted by Crippen LogP contribution is 2.39. The van der Waals surface area contributed by atoms with E-state index < -0.39 is 0 Å². The van der Waals surface area contributed by atoms with E-state index in [9.17, 15) is 4.79 Å². The monoisotopic (exact) mass is 582 g/mol. The van der Waals surface area contributed by atoms with Gasteiger partial charge in [-0.2, -0.15) is 4.98 Å². The summed E-state index contributed by atoms with van der Waals surface area (Å²) in [4.78, 5) is 30.7. The molecule has 200 valence electrons. The van der Waals surface area contributed by atoms with Crippen LogP contribution in [0.4, 0.5) is 17.5 Å². The number of fused-ring (bicyclic) bond motifs is 1. The van der Waals surface area contributed by atoms with Crippen LogP contribution in [0.3, 0.4) is 0 Å². The van der Waals surface area contributed by atoms with Gasteiger partial charge in [0.05, 0.1) is 33.7 Å². The number of benzene rings is 2. The predicted octanol–water partition coefficient (Wildman–Crippen LogP) is 4.20. The van der Waals surface area contributed by atoms with Crippen molar-refractivity contribution in [3.63, 3.8) is 0 Å². The number of ether oxygens (including phenoxy) is 3. The zero-order chi connectivity index (χ0) is 27.4. The molecule has 0 bridgehead atoms. The molecule has 0 fully saturated rings. The molecule has 0 atom stereocenters. The van der Waals surface area contributed by atoms with Gasteiger partial charge in [-0.1, -0.05) is 29.8 Å². The molecule has 1 aromatic heterocycles. The first kappa shape index (κ1) is 27.3. The molecular formula is C27H31BrN6O4. The Morgan fingerprint density at radius 1 is 1.05 bits per heavy atom. The summed E-state index contributed by atoms with van der Waals surface area (Å²) in [5, 5.41) is 0. The Morgan fingerprint density at radius 3 is 2.32 bits per heavy atom. The number of hydrogen-bond acceptors (Lipinski definition) is 9. The number of aliphatic imine (C=N–C) groups is 1. The van der Waals surface area contributed by atoms with Crippen molar-refractivity contribution in [2.75, 3.05) is 51.7 Å². The van der Waals surface area contributed by atoms with E-state index >= 15 is 0 Å². The van der Waals surface area contributed by atoms with Crippen molar-refractivity contribution in [3.8, 4) is 17.2 Å². The summed E-state index contributed by atoms with van der Waals surface area (Å²) in [6, 6.07) is 9.42. The minimum Gasteiger partial charge on any atom is -0.493 e. The standard InChI is InChI=1S/C27H31BrN6O4/c1-6-33(7-2)15-34-20-9-8-18(28)13-19(20)23(26(34)35)31-27-30-14-17(25(29)32-27)10-16-11-21(36-3)24(38-5)22(12-16)37-4/h8-9,11-14H,6-7,10,15H2,1-5H3,(H2,29,30,32)/b31-23-. The molecule has 0 unspecified atom stereocenters. The molecule has 3 aromatic rings. The number of amides is 1. The molecule has 10 nitrogen and oxygen atoms in total. The number of methoxy groups -OCH3 is 3. The molecular weight excluding hydrogens is 552 g/mol. The molecule has 2 N–H and O–H groups in total. The quantitative estimate of drug-likeness (QED) is 0.378. The average molecular weight is 583 g/mol. The molecule has 2 aromatic carbocycles. The minimum absolute atomic E-state index is 0.120. The van der Waals surface area contributed by atoms with Crippen LogP contribution in [-0.2, 0) is 11.2 Å². The zero-order valence-corrected chi connectivity index (χ0v) is 23.7. The second-order valence-corrected chi connectivity index (χ2v) is 9.51. The first-order chi connectivity index (χ1) is 18.3. The number of halogens is 1. The highest BCUT2D eigenvalue weighted by Gasteiger charge is 2.35. The van der Waals surface area contributed by atoms with Crippen LogP contribution in [-0.4, -0.2) is 67.6 Å². The van der Waals surface area contributed by atoms with Crippen LogP contribution >= 0.6 is 15.9 Å². The van der Waals surface area contributed by atoms with Gasteiger partial charge < -0.3 is 19.9 Å². The van der Waals surface area contributed by atoms with Crippen molar-refractivity contribution in [2.24, 2.45) is 4.99 Å². The van der Waals surface area contributed by atoms with Crippen LogP contribution in [0.25, 0.3) is 0 Å². The van der Waals surface area contributed by atoms with Crippen LogP contribution < -0.4 is 24.8 Å². The number of aromatic nitrogens is 2. The topological polar surface area (TPSA) is 115 Å². The molecule has 38 heavy (non-hydrogen) atoms. The van der Waals surface area contributed by atoms with Crippen molar-refractivity contribution in [1.82, 2.24) is 14.9 Å². The molecule has 2 heterocycles. The van der Waals surface area contributed by atoms with Gasteiger partial charge in [-0.25, -0.2) is 9.98 Å². The third-order valence-electron chi connectivity index (χ3n) is 6.40. The van der Waals surface area contributed by atoms with Gasteiger partial charge >= 0.3 is 0 Å². The number of nitrogen functional groups attached to an aromatic ring is 1. The molecule has 1 aliphatic rings. The molecule has 11 heteroatoms. The molecule has 0 spiro atoms. The fourth-order valence-corrected chi connectivity index (χ4v) is 4.68. The van der Waals surface area contributed by atoms with Gasteiger partial charge in [0.15, 0.2) is 11.5 Å². The maximum absolute atomic E-state index is 13.4. The van der Waals surface area contributed by atoms with Crippen molar-refractivity contribution in [3.05, 3.63) is 57.7 Å². The Morgan fingerprint density at radius 2 is 1.74 bits per heavy atom. The molecule has 0 aliphatic carbocycles. The van der Waals surface area contributed by atoms with Gasteiger partial charge in [0.1, 0.15) is 11.5 Å². The molecule has 1 amide bonds. The summed E-state index contributed by atoms with van der Waals surface area (Å²) in [5.74, 6) is 1.79. The van der Waals surface area contributed by atoms with Crippen molar-refractivity contribution in [2.45, 2.75) is 20.3 Å². The number of carbonyl (C=O) groups excluding carboxylic acids is 1. The summed E-state index contributed by atoms with van der Waals surface area (Å²) in [6.07, 6.45) is 2.06. The van der Waals surface area contributed by atoms with E-state index in [4.69, 9.17) is 19.9 Å². The van der Waals surface area contributed by atoms with Crippen molar-refractivity contribution < 1.29 is 19.0 Å². The van der Waals surface area contributed by atoms with Crippen LogP contribution in [0.2, 0.25) is 0 Å². The maximum Gasteiger partial charge on any atom is 0.278 e. The van der Waals surface area contributed by atoms with E-state index in [2.05, 4.69) is 49.6 Å². The second-order valence-electron chi connectivity index (χ2n) is 8.59. The summed E-state index contributed by atoms with van der Waals surface area (Å²) in [6.45, 7) is 6.25. The number of rotatable bonds is 10. The average Bonchev–Trinajstić information content (AvgIpc) is 3.17. The Balaban J connectivity index is 1.65. The summed E-state index contributed by atoms with van der Waals surface area (Å²) >= 11 is 3.51. The number of nitrogens with zero attached hydrogens (tertiary/aromatic N) is 5. The third-order valence-corrected chi connectivity index (χ3v) is 6.90. The lowest BCUT2D eigenvalue weighted by molar-refractivity contribution is -0.112. The first-order valence-electron chi connectivity index (χ1n) is 12.2. The van der Waals surface area contributed by atoms with Crippen LogP contribution in [0.1, 0.15) is 30.5 Å². The smallest absolute Gasteiger partial charge is 0.278 e. The van der Waals surface area contributed by atoms with Crippen molar-refractivity contribution in [1.29, 1.82) is 0 Å². The number of nitrogens with two attached hydrogens (primary N) is 1. The van der Waals surface area contributed by atoms with E-state index in [1.807, 2.05) is 30.3 Å². The lowest BCUT2D eigenvalue weighted by Gasteiger charge is -2.25. The Bertz CT molecular complexity index is 1350. The lowest BCUT2D eigenvalue weighted by atomic mass is 10.1. The Hall–Kier alpha value is -3.70. The van der Waals surface area contributed by atoms with Crippen LogP contribution in [0, 0.1) is 0 Å². The highest BCUT2D eigenvalue weighted by molar-refractivity contribution is 9.10. The van der Waals surface area contributed by atoms with E-state index in [-0.39, 0.29) is 23.4 Å². The van der Waals surface area contributed by atoms with E-state index in [1.165, 1.54) is 0 Å². The van der Waals surface area contributed by atoms with Gasteiger partial charge in [0, 0.05) is 28.2 Å². The van der Waals surface area contributed by atoms with Crippen LogP contribution in [0.15, 0.2) is 46.0 Å². The maximum atomic E-state index is 13.4. The Labute approximate surface area is 230 Å². The van der Waals surface area contributed by atoms with Gasteiger partial charge in [0.25, 0.3) is 11.9 Å². The summed E-state index contributed by atoms with van der Waals surface area (Å²) in [5.41, 5.74) is 9.69. The molecule has 1 aliphatic heterocycles. The summed E-state index contributed by atoms with van der Waals surface area (Å²) < 4.78 is 17.1. The number of hydrogen-bond donors (Lipinski definition) is 1. The van der Waals surface area contributed by atoms with E-state index in [0.717, 1.165) is 34.4 Å². The summed E-state index contributed by atoms with van der Waals surface area (Å²) in [7, 11) is 4.69. The van der Waals surface area contributed by atoms with Gasteiger partial charge in [0.2, 0.25) is 5.75 Å². The van der Waals surface area contributed by atoms with E-state index in [1.54, 1.807) is 32.4 Å². The second kappa shape index (κ2) is 11.8. The minimum atomic E-state index is -0.200. The zero-order valence-electron chi connectivity index (χ0n) is 22.1. The molecule has 0 saturated carbocycles. The number of anilines is 2. The molecule has 4 rings (SSSR count). The normalized spacial score (nSPS) is 13.8. The van der Waals surface area contributed by atoms with Gasteiger partial charge in [-0.15, -0.1) is 0 Å². The predicted molar refractivity (Wildman–Crippen MR) is 151 cm³/mol. The van der Waals surface area contributed by atoms with E-state index in [0.29, 0.717) is 35.9 Å². The fraction of sp³-hybridized carbons (Fsp3) is 0.333. The Kier molecular flexibility index (Phi) is 8.48. The lowest BCUT2D eigenvalue weighted by Crippen LogP contribution is -2.41. The largest absolute Gasteiger partial charge is 0.493 e. The number of carbonyl (C=O) groups is 1. The highest BCUT2D eigenvalue weighted by atomic mass is 79.9. The van der Waals surface area contributed by atoms with Crippen molar-refractivity contribution >= 4 is 45.0 Å². The van der Waals surface area contributed by atoms with Gasteiger partial charge in [-0.3, -0.25) is 14.6 Å². The first-order valence-corrected chi connectivity index (χ1v) is 13.0.